The molecular weight excluding hydrogens is 120 g/mol. The van der Waals surface area contributed by atoms with Crippen LogP contribution in [0, 0.1) is 17.8 Å². The van der Waals surface area contributed by atoms with Gasteiger partial charge in [0.1, 0.15) is 0 Å². The molecule has 61 valence electrons. The molecule has 0 fully saturated rings. The highest BCUT2D eigenvalue weighted by molar-refractivity contribution is 4.84. The van der Waals surface area contributed by atoms with Gasteiger partial charge in [-0.1, -0.05) is 47.5 Å². The zero-order valence-corrected chi connectivity index (χ0v) is 8.07. The van der Waals surface area contributed by atoms with Crippen LogP contribution in [0.25, 0.3) is 0 Å². The van der Waals surface area contributed by atoms with E-state index in [9.17, 15) is 0 Å². The van der Waals surface area contributed by atoms with Crippen LogP contribution in [0.3, 0.4) is 0 Å². The lowest BCUT2D eigenvalue weighted by atomic mass is 9.84. The Morgan fingerprint density at radius 1 is 1.30 bits per heavy atom. The van der Waals surface area contributed by atoms with Crippen molar-refractivity contribution < 1.29 is 0 Å². The third-order valence-corrected chi connectivity index (χ3v) is 1.53. The summed E-state index contributed by atoms with van der Waals surface area (Å²) in [6, 6.07) is 0. The van der Waals surface area contributed by atoms with Crippen LogP contribution >= 0.6 is 0 Å². The van der Waals surface area contributed by atoms with Crippen LogP contribution in [-0.2, 0) is 0 Å². The summed E-state index contributed by atoms with van der Waals surface area (Å²) in [6.45, 7) is 11.3. The molecule has 0 nitrogen and oxygen atoms in total. The second-order valence-corrected chi connectivity index (χ2v) is 4.30. The minimum absolute atomic E-state index is 0.397. The maximum absolute atomic E-state index is 2.44. The molecule has 0 amide bonds. The molecule has 0 aromatic rings. The largest absolute Gasteiger partial charge is 0.0654 e. The van der Waals surface area contributed by atoms with Crippen molar-refractivity contribution in [3.05, 3.63) is 6.42 Å². The Morgan fingerprint density at radius 3 is 2.10 bits per heavy atom. The summed E-state index contributed by atoms with van der Waals surface area (Å²) in [4.78, 5) is 0. The molecule has 1 radical (unpaired) electrons. The Labute approximate surface area is 66.0 Å². The molecule has 0 aliphatic rings. The maximum Gasteiger partial charge on any atom is -0.0304 e. The number of hydrogen-bond donors (Lipinski definition) is 0. The fraction of sp³-hybridized carbons (Fsp3) is 0.900. The SMILES string of the molecule is CCCC(C)[CH]C(C)(C)C. The molecule has 0 aliphatic carbocycles. The van der Waals surface area contributed by atoms with E-state index >= 15 is 0 Å². The zero-order chi connectivity index (χ0) is 8.20. The highest BCUT2D eigenvalue weighted by Crippen LogP contribution is 2.24. The fourth-order valence-electron chi connectivity index (χ4n) is 1.39. The highest BCUT2D eigenvalue weighted by atomic mass is 14.2. The van der Waals surface area contributed by atoms with Crippen molar-refractivity contribution in [3.63, 3.8) is 0 Å². The first kappa shape index (κ1) is 10.0. The van der Waals surface area contributed by atoms with Crippen LogP contribution in [-0.4, -0.2) is 0 Å². The van der Waals surface area contributed by atoms with Gasteiger partial charge in [0.2, 0.25) is 0 Å². The van der Waals surface area contributed by atoms with Crippen LogP contribution in [0.4, 0.5) is 0 Å². The van der Waals surface area contributed by atoms with Crippen LogP contribution < -0.4 is 0 Å². The third kappa shape index (κ3) is 6.12. The van der Waals surface area contributed by atoms with Crippen molar-refractivity contribution in [1.82, 2.24) is 0 Å². The summed E-state index contributed by atoms with van der Waals surface area (Å²) in [7, 11) is 0. The Balaban J connectivity index is 3.47. The van der Waals surface area contributed by atoms with Crippen molar-refractivity contribution in [3.8, 4) is 0 Å². The van der Waals surface area contributed by atoms with Gasteiger partial charge in [0.25, 0.3) is 0 Å². The number of hydrogen-bond acceptors (Lipinski definition) is 0. The van der Waals surface area contributed by atoms with E-state index in [1.165, 1.54) is 12.8 Å². The van der Waals surface area contributed by atoms with E-state index in [-0.39, 0.29) is 0 Å². The third-order valence-electron chi connectivity index (χ3n) is 1.53. The fourth-order valence-corrected chi connectivity index (χ4v) is 1.39. The molecule has 1 unspecified atom stereocenters. The van der Waals surface area contributed by atoms with E-state index in [0.29, 0.717) is 5.41 Å². The lowest BCUT2D eigenvalue weighted by molar-refractivity contribution is 0.409. The van der Waals surface area contributed by atoms with Crippen molar-refractivity contribution in [2.45, 2.75) is 47.5 Å². The second-order valence-electron chi connectivity index (χ2n) is 4.30. The lowest BCUT2D eigenvalue weighted by Crippen LogP contribution is -2.11. The summed E-state index contributed by atoms with van der Waals surface area (Å²) in [5.74, 6) is 0.782. The molecule has 0 aromatic heterocycles. The predicted octanol–water partition coefficient (Wildman–Crippen LogP) is 3.67. The quantitative estimate of drug-likeness (QED) is 0.562. The molecule has 1 atom stereocenters. The summed E-state index contributed by atoms with van der Waals surface area (Å²) in [5.41, 5.74) is 0.397. The van der Waals surface area contributed by atoms with Crippen LogP contribution in [0.1, 0.15) is 47.5 Å². The monoisotopic (exact) mass is 141 g/mol. The van der Waals surface area contributed by atoms with Crippen molar-refractivity contribution in [2.24, 2.45) is 11.3 Å². The van der Waals surface area contributed by atoms with Gasteiger partial charge in [-0.05, 0) is 17.8 Å². The summed E-state index contributed by atoms with van der Waals surface area (Å²) in [6.07, 6.45) is 5.07. The Morgan fingerprint density at radius 2 is 1.80 bits per heavy atom. The highest BCUT2D eigenvalue weighted by Gasteiger charge is 2.14. The van der Waals surface area contributed by atoms with E-state index in [1.54, 1.807) is 0 Å². The first-order valence-electron chi connectivity index (χ1n) is 4.31. The average molecular weight is 141 g/mol. The summed E-state index contributed by atoms with van der Waals surface area (Å²) >= 11 is 0. The predicted molar refractivity (Wildman–Crippen MR) is 47.8 cm³/mol. The normalized spacial score (nSPS) is 15.3. The first-order chi connectivity index (χ1) is 4.45. The molecule has 0 bridgehead atoms. The molecule has 0 saturated carbocycles. The minimum atomic E-state index is 0.397. The molecule has 10 heavy (non-hydrogen) atoms. The van der Waals surface area contributed by atoms with Crippen LogP contribution in [0.5, 0.6) is 0 Å². The minimum Gasteiger partial charge on any atom is -0.0654 e. The van der Waals surface area contributed by atoms with Crippen molar-refractivity contribution >= 4 is 0 Å². The number of rotatable bonds is 3. The van der Waals surface area contributed by atoms with Gasteiger partial charge in [0.15, 0.2) is 0 Å². The van der Waals surface area contributed by atoms with Gasteiger partial charge in [-0.2, -0.15) is 0 Å². The Bertz CT molecular complexity index is 76.5. The molecule has 0 heterocycles. The van der Waals surface area contributed by atoms with E-state index < -0.39 is 0 Å². The van der Waals surface area contributed by atoms with Gasteiger partial charge in [-0.3, -0.25) is 0 Å². The van der Waals surface area contributed by atoms with Crippen molar-refractivity contribution in [2.75, 3.05) is 0 Å². The maximum atomic E-state index is 2.44. The molecule has 0 rings (SSSR count). The lowest BCUT2D eigenvalue weighted by Gasteiger charge is -2.22. The van der Waals surface area contributed by atoms with Crippen LogP contribution in [0.15, 0.2) is 0 Å². The standard InChI is InChI=1S/C10H21/c1-6-7-9(2)8-10(3,4)5/h8-9H,6-7H2,1-5H3. The van der Waals surface area contributed by atoms with E-state index in [0.717, 1.165) is 5.92 Å². The van der Waals surface area contributed by atoms with E-state index in [2.05, 4.69) is 41.0 Å². The van der Waals surface area contributed by atoms with Gasteiger partial charge >= 0.3 is 0 Å². The molecule has 0 heteroatoms. The van der Waals surface area contributed by atoms with E-state index in [1.807, 2.05) is 0 Å². The van der Waals surface area contributed by atoms with E-state index in [4.69, 9.17) is 0 Å². The summed E-state index contributed by atoms with van der Waals surface area (Å²) < 4.78 is 0. The molecule has 0 aliphatic heterocycles. The Kier molecular flexibility index (Phi) is 4.00. The molecular formula is C10H21. The van der Waals surface area contributed by atoms with Gasteiger partial charge < -0.3 is 0 Å². The van der Waals surface area contributed by atoms with Gasteiger partial charge in [-0.15, -0.1) is 0 Å². The molecule has 0 N–H and O–H groups in total. The van der Waals surface area contributed by atoms with Crippen LogP contribution in [0.2, 0.25) is 0 Å². The van der Waals surface area contributed by atoms with Gasteiger partial charge in [-0.25, -0.2) is 0 Å². The summed E-state index contributed by atoms with van der Waals surface area (Å²) in [5, 5.41) is 0. The topological polar surface area (TPSA) is 0 Å². The van der Waals surface area contributed by atoms with Gasteiger partial charge in [0, 0.05) is 0 Å². The smallest absolute Gasteiger partial charge is 0.0304 e. The van der Waals surface area contributed by atoms with Gasteiger partial charge in [0.05, 0.1) is 0 Å². The molecule has 0 saturated heterocycles. The Hall–Kier alpha value is 0. The van der Waals surface area contributed by atoms with Crippen molar-refractivity contribution in [1.29, 1.82) is 0 Å². The average Bonchev–Trinajstić information content (AvgIpc) is 1.59. The second kappa shape index (κ2) is 4.00. The molecule has 0 aromatic carbocycles. The zero-order valence-electron chi connectivity index (χ0n) is 8.07. The molecule has 0 spiro atoms. The first-order valence-corrected chi connectivity index (χ1v) is 4.31.